The predicted molar refractivity (Wildman–Crippen MR) is 114 cm³/mol. The Labute approximate surface area is 180 Å². The van der Waals surface area contributed by atoms with Gasteiger partial charge in [0.1, 0.15) is 6.54 Å². The van der Waals surface area contributed by atoms with Gasteiger partial charge in [0.25, 0.3) is 5.56 Å². The number of carbonyl (C=O) groups excluding carboxylic acids is 1. The highest BCUT2D eigenvalue weighted by Crippen LogP contribution is 2.25. The molecule has 1 N–H and O–H groups in total. The summed E-state index contributed by atoms with van der Waals surface area (Å²) >= 11 is 11.9. The molecular formula is C19H23Cl2N3O4S. The molecule has 1 aromatic heterocycles. The molecule has 7 nitrogen and oxygen atoms in total. The number of benzene rings is 1. The summed E-state index contributed by atoms with van der Waals surface area (Å²) in [6.45, 7) is 5.52. The first-order valence-electron chi connectivity index (χ1n) is 9.05. The molecule has 0 aliphatic carbocycles. The molecule has 0 fully saturated rings. The van der Waals surface area contributed by atoms with E-state index < -0.39 is 21.5 Å². The van der Waals surface area contributed by atoms with Crippen LogP contribution in [0.1, 0.15) is 32.4 Å². The van der Waals surface area contributed by atoms with Crippen molar-refractivity contribution in [3.63, 3.8) is 0 Å². The number of rotatable bonds is 8. The van der Waals surface area contributed by atoms with Crippen LogP contribution < -0.4 is 10.9 Å². The average Bonchev–Trinajstić information content (AvgIpc) is 2.66. The lowest BCUT2D eigenvalue weighted by atomic mass is 10.1. The molecular weight excluding hydrogens is 437 g/mol. The third kappa shape index (κ3) is 5.60. The molecule has 0 spiro atoms. The molecule has 1 unspecified atom stereocenters. The minimum Gasteiger partial charge on any atom is -0.348 e. The molecule has 2 aromatic rings. The van der Waals surface area contributed by atoms with Crippen LogP contribution in [0.4, 0.5) is 0 Å². The zero-order valence-corrected chi connectivity index (χ0v) is 18.7. The maximum absolute atomic E-state index is 12.7. The third-order valence-electron chi connectivity index (χ3n) is 4.43. The summed E-state index contributed by atoms with van der Waals surface area (Å²) in [6.07, 6.45) is 1.19. The highest BCUT2D eigenvalue weighted by molar-refractivity contribution is 7.89. The van der Waals surface area contributed by atoms with Gasteiger partial charge < -0.3 is 9.88 Å². The van der Waals surface area contributed by atoms with E-state index in [1.807, 2.05) is 0 Å². The van der Waals surface area contributed by atoms with E-state index in [1.54, 1.807) is 39.0 Å². The molecule has 0 radical (unpaired) electrons. The highest BCUT2D eigenvalue weighted by Gasteiger charge is 2.22. The number of carbonyl (C=O) groups is 1. The Morgan fingerprint density at radius 3 is 2.38 bits per heavy atom. The van der Waals surface area contributed by atoms with Gasteiger partial charge in [-0.25, -0.2) is 8.42 Å². The number of halogens is 2. The summed E-state index contributed by atoms with van der Waals surface area (Å²) in [4.78, 5) is 24.5. The van der Waals surface area contributed by atoms with Crippen molar-refractivity contribution in [1.82, 2.24) is 14.2 Å². The quantitative estimate of drug-likeness (QED) is 0.656. The minimum absolute atomic E-state index is 0.0360. The van der Waals surface area contributed by atoms with Crippen LogP contribution in [0.25, 0.3) is 0 Å². The molecule has 1 amide bonds. The summed E-state index contributed by atoms with van der Waals surface area (Å²) in [5.74, 6) is -0.442. The Hall–Kier alpha value is -1.87. The molecule has 0 aliphatic heterocycles. The highest BCUT2D eigenvalue weighted by atomic mass is 35.5. The van der Waals surface area contributed by atoms with Gasteiger partial charge in [0.2, 0.25) is 15.9 Å². The molecule has 0 saturated carbocycles. The molecule has 10 heteroatoms. The van der Waals surface area contributed by atoms with Gasteiger partial charge >= 0.3 is 0 Å². The number of nitrogens with one attached hydrogen (secondary N) is 1. The van der Waals surface area contributed by atoms with E-state index in [4.69, 9.17) is 23.2 Å². The molecule has 2 rings (SSSR count). The largest absolute Gasteiger partial charge is 0.348 e. The van der Waals surface area contributed by atoms with Crippen LogP contribution in [-0.2, 0) is 21.4 Å². The van der Waals surface area contributed by atoms with Crippen molar-refractivity contribution in [2.24, 2.45) is 0 Å². The first-order chi connectivity index (χ1) is 13.6. The lowest BCUT2D eigenvalue weighted by Crippen LogP contribution is -2.35. The topological polar surface area (TPSA) is 88.5 Å². The van der Waals surface area contributed by atoms with E-state index in [2.05, 4.69) is 5.32 Å². The maximum Gasteiger partial charge on any atom is 0.251 e. The van der Waals surface area contributed by atoms with Gasteiger partial charge in [-0.15, -0.1) is 0 Å². The second-order valence-corrected chi connectivity index (χ2v) is 9.14. The summed E-state index contributed by atoms with van der Waals surface area (Å²) in [7, 11) is -3.74. The normalized spacial score (nSPS) is 12.8. The Kier molecular flexibility index (Phi) is 7.87. The van der Waals surface area contributed by atoms with Gasteiger partial charge in [0.15, 0.2) is 0 Å². The average molecular weight is 460 g/mol. The van der Waals surface area contributed by atoms with E-state index >= 15 is 0 Å². The molecule has 0 bridgehead atoms. The molecule has 1 atom stereocenters. The molecule has 1 aromatic carbocycles. The number of hydrogen-bond donors (Lipinski definition) is 1. The predicted octanol–water partition coefficient (Wildman–Crippen LogP) is 3.06. The number of nitrogens with zero attached hydrogens (tertiary/aromatic N) is 2. The van der Waals surface area contributed by atoms with Gasteiger partial charge in [-0.1, -0.05) is 43.1 Å². The van der Waals surface area contributed by atoms with E-state index in [1.165, 1.54) is 16.6 Å². The lowest BCUT2D eigenvalue weighted by molar-refractivity contribution is -0.122. The van der Waals surface area contributed by atoms with Crippen LogP contribution in [0, 0.1) is 0 Å². The fourth-order valence-electron chi connectivity index (χ4n) is 2.81. The van der Waals surface area contributed by atoms with Crippen LogP contribution in [0.3, 0.4) is 0 Å². The van der Waals surface area contributed by atoms with Crippen LogP contribution in [0.5, 0.6) is 0 Å². The number of sulfonamides is 1. The van der Waals surface area contributed by atoms with Gasteiger partial charge in [0, 0.05) is 25.4 Å². The summed E-state index contributed by atoms with van der Waals surface area (Å²) in [5, 5.41) is 3.54. The number of pyridine rings is 1. The van der Waals surface area contributed by atoms with Crippen LogP contribution in [0.15, 0.2) is 46.2 Å². The van der Waals surface area contributed by atoms with Crippen molar-refractivity contribution < 1.29 is 13.2 Å². The van der Waals surface area contributed by atoms with Crippen LogP contribution >= 0.6 is 23.2 Å². The molecule has 158 valence electrons. The Bertz CT molecular complexity index is 1050. The second kappa shape index (κ2) is 9.75. The first kappa shape index (κ1) is 23.4. The minimum atomic E-state index is -3.74. The second-order valence-electron chi connectivity index (χ2n) is 6.38. The van der Waals surface area contributed by atoms with Gasteiger partial charge in [-0.05, 0) is 30.7 Å². The third-order valence-corrected chi connectivity index (χ3v) is 7.21. The summed E-state index contributed by atoms with van der Waals surface area (Å²) in [6, 6.07) is 7.04. The number of hydrogen-bond acceptors (Lipinski definition) is 4. The van der Waals surface area contributed by atoms with E-state index in [-0.39, 0.29) is 17.5 Å². The zero-order valence-electron chi connectivity index (χ0n) is 16.4. The van der Waals surface area contributed by atoms with Crippen molar-refractivity contribution in [3.8, 4) is 0 Å². The zero-order chi connectivity index (χ0) is 21.8. The standard InChI is InChI=1S/C19H23Cl2N3O4S/c1-4-24(5-2)29(27,28)15-7-9-19(26)23(11-15)12-18(25)22-13(3)14-6-8-16(20)17(21)10-14/h6-11,13H,4-5,12H2,1-3H3,(H,22,25). The van der Waals surface area contributed by atoms with Crippen molar-refractivity contribution in [3.05, 3.63) is 62.5 Å². The van der Waals surface area contributed by atoms with Crippen molar-refractivity contribution in [2.45, 2.75) is 38.3 Å². The lowest BCUT2D eigenvalue weighted by Gasteiger charge is -2.19. The van der Waals surface area contributed by atoms with Crippen molar-refractivity contribution >= 4 is 39.1 Å². The van der Waals surface area contributed by atoms with Crippen LogP contribution in [0.2, 0.25) is 10.0 Å². The molecule has 0 saturated heterocycles. The molecule has 1 heterocycles. The summed E-state index contributed by atoms with van der Waals surface area (Å²) in [5.41, 5.74) is 0.277. The molecule has 29 heavy (non-hydrogen) atoms. The molecule has 0 aliphatic rings. The smallest absolute Gasteiger partial charge is 0.251 e. The van der Waals surface area contributed by atoms with Gasteiger partial charge in [-0.3, -0.25) is 9.59 Å². The summed E-state index contributed by atoms with van der Waals surface area (Å²) < 4.78 is 27.7. The fraction of sp³-hybridized carbons (Fsp3) is 0.368. The van der Waals surface area contributed by atoms with E-state index in [9.17, 15) is 18.0 Å². The number of amides is 1. The van der Waals surface area contributed by atoms with Crippen molar-refractivity contribution in [1.29, 1.82) is 0 Å². The monoisotopic (exact) mass is 459 g/mol. The van der Waals surface area contributed by atoms with Gasteiger partial charge in [-0.2, -0.15) is 4.31 Å². The van der Waals surface area contributed by atoms with E-state index in [0.717, 1.165) is 16.2 Å². The Balaban J connectivity index is 2.20. The Morgan fingerprint density at radius 2 is 1.79 bits per heavy atom. The van der Waals surface area contributed by atoms with Crippen molar-refractivity contribution in [2.75, 3.05) is 13.1 Å². The van der Waals surface area contributed by atoms with Gasteiger partial charge in [0.05, 0.1) is 21.0 Å². The first-order valence-corrected chi connectivity index (χ1v) is 11.2. The fourth-order valence-corrected chi connectivity index (χ4v) is 4.59. The number of aromatic nitrogens is 1. The van der Waals surface area contributed by atoms with E-state index in [0.29, 0.717) is 23.1 Å². The maximum atomic E-state index is 12.7. The SMILES string of the molecule is CCN(CC)S(=O)(=O)c1ccc(=O)n(CC(=O)NC(C)c2ccc(Cl)c(Cl)c2)c1. The Morgan fingerprint density at radius 1 is 1.14 bits per heavy atom. The van der Waals surface area contributed by atoms with Crippen LogP contribution in [-0.4, -0.2) is 36.3 Å².